The number of benzene rings is 2. The quantitative estimate of drug-likeness (QED) is 0.323. The maximum atomic E-state index is 13.2. The lowest BCUT2D eigenvalue weighted by Crippen LogP contribution is -2.38. The van der Waals surface area contributed by atoms with Crippen LogP contribution in [0.3, 0.4) is 0 Å². The second-order valence-electron chi connectivity index (χ2n) is 9.80. The summed E-state index contributed by atoms with van der Waals surface area (Å²) >= 11 is 6.35. The molecule has 2 aromatic heterocycles. The number of amides is 1. The predicted octanol–water partition coefficient (Wildman–Crippen LogP) is 5.71. The van der Waals surface area contributed by atoms with Crippen LogP contribution in [0.5, 0.6) is 0 Å². The van der Waals surface area contributed by atoms with Gasteiger partial charge in [-0.1, -0.05) is 47.1 Å². The van der Waals surface area contributed by atoms with E-state index in [0.717, 1.165) is 48.9 Å². The zero-order chi connectivity index (χ0) is 25.9. The Balaban J connectivity index is 1.19. The normalized spacial score (nSPS) is 17.5. The molecular weight excluding hydrogens is 488 g/mol. The van der Waals surface area contributed by atoms with Gasteiger partial charge in [-0.2, -0.15) is 4.98 Å². The van der Waals surface area contributed by atoms with E-state index in [1.54, 1.807) is 13.0 Å². The van der Waals surface area contributed by atoms with E-state index < -0.39 is 0 Å². The number of anilines is 2. The van der Waals surface area contributed by atoms with E-state index in [0.29, 0.717) is 39.5 Å². The lowest BCUT2D eigenvalue weighted by molar-refractivity contribution is 0.0921. The summed E-state index contributed by atoms with van der Waals surface area (Å²) in [4.78, 5) is 24.7. The number of carbonyl (C=O) groups is 1. The zero-order valence-electron chi connectivity index (χ0n) is 21.3. The number of carbonyl (C=O) groups excluding carboxylic acids is 1. The second-order valence-corrected chi connectivity index (χ2v) is 10.2. The van der Waals surface area contributed by atoms with Crippen LogP contribution in [0.2, 0.25) is 5.02 Å². The van der Waals surface area contributed by atoms with E-state index in [1.165, 1.54) is 0 Å². The number of aryl methyl sites for hydroxylation is 1. The third-order valence-electron chi connectivity index (χ3n) is 6.96. The van der Waals surface area contributed by atoms with Crippen molar-refractivity contribution in [3.05, 3.63) is 64.9 Å². The summed E-state index contributed by atoms with van der Waals surface area (Å²) in [6.45, 7) is 2.55. The first-order valence-electron chi connectivity index (χ1n) is 12.6. The molecule has 4 aromatic rings. The molecule has 37 heavy (non-hydrogen) atoms. The summed E-state index contributed by atoms with van der Waals surface area (Å²) in [5.74, 6) is 2.35. The lowest BCUT2D eigenvalue weighted by atomic mass is 9.86. The molecule has 0 aliphatic heterocycles. The van der Waals surface area contributed by atoms with Crippen molar-refractivity contribution < 1.29 is 9.32 Å². The van der Waals surface area contributed by atoms with Crippen molar-refractivity contribution in [3.8, 4) is 11.3 Å². The summed E-state index contributed by atoms with van der Waals surface area (Å²) in [6.07, 6.45) is 3.83. The Labute approximate surface area is 221 Å². The molecule has 0 radical (unpaired) electrons. The molecule has 192 valence electrons. The molecule has 2 aromatic carbocycles. The molecule has 0 unspecified atom stereocenters. The number of halogens is 1. The van der Waals surface area contributed by atoms with Crippen LogP contribution >= 0.6 is 11.6 Å². The van der Waals surface area contributed by atoms with E-state index >= 15 is 0 Å². The van der Waals surface area contributed by atoms with Crippen molar-refractivity contribution in [2.45, 2.75) is 38.6 Å². The molecule has 9 heteroatoms. The van der Waals surface area contributed by atoms with Gasteiger partial charge in [-0.25, -0.2) is 4.98 Å². The third-order valence-corrected chi connectivity index (χ3v) is 7.29. The molecule has 1 aliphatic carbocycles. The van der Waals surface area contributed by atoms with Gasteiger partial charge in [0.05, 0.1) is 10.5 Å². The molecule has 8 nitrogen and oxygen atoms in total. The zero-order valence-corrected chi connectivity index (χ0v) is 22.0. The Morgan fingerprint density at radius 1 is 1.05 bits per heavy atom. The van der Waals surface area contributed by atoms with Crippen LogP contribution in [-0.4, -0.2) is 47.7 Å². The molecule has 0 spiro atoms. The lowest BCUT2D eigenvalue weighted by Gasteiger charge is -2.29. The van der Waals surface area contributed by atoms with E-state index in [1.807, 2.05) is 61.5 Å². The van der Waals surface area contributed by atoms with Crippen LogP contribution in [0.1, 0.15) is 41.8 Å². The van der Waals surface area contributed by atoms with Crippen molar-refractivity contribution in [2.75, 3.05) is 30.9 Å². The molecular formula is C28H31ClN6O2. The first-order valence-corrected chi connectivity index (χ1v) is 13.0. The fraction of sp³-hybridized carbons (Fsp3) is 0.357. The number of hydrogen-bond donors (Lipinski definition) is 2. The monoisotopic (exact) mass is 518 g/mol. The topological polar surface area (TPSA) is 96.2 Å². The average Bonchev–Trinajstić information content (AvgIpc) is 3.29. The molecule has 0 saturated heterocycles. The molecule has 2 N–H and O–H groups in total. The summed E-state index contributed by atoms with van der Waals surface area (Å²) in [5.41, 5.74) is 2.54. The van der Waals surface area contributed by atoms with Gasteiger partial charge in [-0.05, 0) is 56.7 Å². The highest BCUT2D eigenvalue weighted by Crippen LogP contribution is 2.32. The van der Waals surface area contributed by atoms with Crippen LogP contribution in [0.4, 0.5) is 11.8 Å². The molecule has 0 atom stereocenters. The smallest absolute Gasteiger partial charge is 0.257 e. The van der Waals surface area contributed by atoms with Crippen molar-refractivity contribution >= 4 is 40.2 Å². The van der Waals surface area contributed by atoms with E-state index in [2.05, 4.69) is 15.8 Å². The Kier molecular flexibility index (Phi) is 7.28. The van der Waals surface area contributed by atoms with Gasteiger partial charge in [0.1, 0.15) is 22.8 Å². The molecule has 1 amide bonds. The SMILES string of the molecule is Cc1onc(-c2ccccc2Cl)c1C(=O)NC1CCC(CNc2nc(N(C)C)c3ccccc3n2)CC1. The van der Waals surface area contributed by atoms with E-state index in [9.17, 15) is 4.79 Å². The molecule has 1 saturated carbocycles. The van der Waals surface area contributed by atoms with Crippen LogP contribution in [0.25, 0.3) is 22.2 Å². The van der Waals surface area contributed by atoms with E-state index in [-0.39, 0.29) is 11.9 Å². The standard InChI is InChI=1S/C28H31ClN6O2/c1-17-24(25(34-37-17)20-8-4-6-10-22(20)29)27(36)31-19-14-12-18(13-15-19)16-30-28-32-23-11-7-5-9-21(23)26(33-28)35(2)3/h4-11,18-19H,12-16H2,1-3H3,(H,31,36)(H,30,32,33). The third kappa shape index (κ3) is 5.39. The number of nitrogens with one attached hydrogen (secondary N) is 2. The predicted molar refractivity (Wildman–Crippen MR) is 147 cm³/mol. The highest BCUT2D eigenvalue weighted by atomic mass is 35.5. The van der Waals surface area contributed by atoms with Crippen molar-refractivity contribution in [3.63, 3.8) is 0 Å². The number of hydrogen-bond acceptors (Lipinski definition) is 7. The number of fused-ring (bicyclic) bond motifs is 1. The summed E-state index contributed by atoms with van der Waals surface area (Å²) in [7, 11) is 3.99. The Morgan fingerprint density at radius 2 is 1.78 bits per heavy atom. The number of nitrogens with zero attached hydrogens (tertiary/aromatic N) is 4. The summed E-state index contributed by atoms with van der Waals surface area (Å²) in [6, 6.07) is 15.5. The van der Waals surface area contributed by atoms with Crippen molar-refractivity contribution in [2.24, 2.45) is 5.92 Å². The minimum Gasteiger partial charge on any atom is -0.362 e. The minimum atomic E-state index is -0.170. The molecule has 0 bridgehead atoms. The summed E-state index contributed by atoms with van der Waals surface area (Å²) in [5, 5.41) is 12.3. The Bertz CT molecular complexity index is 1410. The van der Waals surface area contributed by atoms with Gasteiger partial charge in [-0.3, -0.25) is 4.79 Å². The van der Waals surface area contributed by atoms with Gasteiger partial charge in [0.2, 0.25) is 5.95 Å². The maximum Gasteiger partial charge on any atom is 0.257 e. The van der Waals surface area contributed by atoms with Gasteiger partial charge >= 0.3 is 0 Å². The van der Waals surface area contributed by atoms with Gasteiger partial charge in [-0.15, -0.1) is 0 Å². The first kappa shape index (κ1) is 25.0. The Hall–Kier alpha value is -3.65. The molecule has 1 aliphatic rings. The largest absolute Gasteiger partial charge is 0.362 e. The number of para-hydroxylation sites is 1. The van der Waals surface area contributed by atoms with Crippen molar-refractivity contribution in [1.29, 1.82) is 0 Å². The second kappa shape index (κ2) is 10.8. The van der Waals surface area contributed by atoms with Gasteiger partial charge in [0.25, 0.3) is 5.91 Å². The fourth-order valence-electron chi connectivity index (χ4n) is 4.96. The van der Waals surface area contributed by atoms with Gasteiger partial charge < -0.3 is 20.1 Å². The summed E-state index contributed by atoms with van der Waals surface area (Å²) < 4.78 is 5.36. The highest BCUT2D eigenvalue weighted by Gasteiger charge is 2.27. The van der Waals surface area contributed by atoms with Crippen molar-refractivity contribution in [1.82, 2.24) is 20.4 Å². The first-order chi connectivity index (χ1) is 17.9. The molecule has 5 rings (SSSR count). The van der Waals surface area contributed by atoms with Gasteiger partial charge in [0, 0.05) is 37.6 Å². The van der Waals surface area contributed by atoms with Crippen LogP contribution in [-0.2, 0) is 0 Å². The molecule has 2 heterocycles. The fourth-order valence-corrected chi connectivity index (χ4v) is 5.19. The molecule has 1 fully saturated rings. The number of rotatable bonds is 7. The number of aromatic nitrogens is 3. The Morgan fingerprint density at radius 3 is 2.54 bits per heavy atom. The van der Waals surface area contributed by atoms with E-state index in [4.69, 9.17) is 26.1 Å². The van der Waals surface area contributed by atoms with Gasteiger partial charge in [0.15, 0.2) is 0 Å². The van der Waals surface area contributed by atoms with Crippen LogP contribution in [0.15, 0.2) is 53.1 Å². The van der Waals surface area contributed by atoms with Crippen LogP contribution < -0.4 is 15.5 Å². The highest BCUT2D eigenvalue weighted by molar-refractivity contribution is 6.33. The average molecular weight is 519 g/mol. The maximum absolute atomic E-state index is 13.2. The van der Waals surface area contributed by atoms with Crippen LogP contribution in [0, 0.1) is 12.8 Å². The minimum absolute atomic E-state index is 0.106.